The van der Waals surface area contributed by atoms with Crippen LogP contribution in [0.25, 0.3) is 0 Å². The predicted molar refractivity (Wildman–Crippen MR) is 107 cm³/mol. The van der Waals surface area contributed by atoms with E-state index >= 15 is 0 Å². The number of nitrogens with zero attached hydrogens (tertiary/aromatic N) is 2. The minimum atomic E-state index is -4.97. The number of alkyl halides is 3. The molecule has 0 bridgehead atoms. The Balaban J connectivity index is 2.71. The van der Waals surface area contributed by atoms with E-state index in [1.807, 2.05) is 18.9 Å². The smallest absolute Gasteiger partial charge is 0.425 e. The first-order valence-corrected chi connectivity index (χ1v) is 9.32. The van der Waals surface area contributed by atoms with Crippen molar-refractivity contribution in [2.24, 2.45) is 4.99 Å². The summed E-state index contributed by atoms with van der Waals surface area (Å²) in [6, 6.07) is 8.17. The topological polar surface area (TPSA) is 45.1 Å². The van der Waals surface area contributed by atoms with E-state index in [9.17, 15) is 18.3 Å². The molecule has 0 amide bonds. The van der Waals surface area contributed by atoms with Gasteiger partial charge in [-0.25, -0.2) is 4.99 Å². The molecule has 0 heterocycles. The number of aliphatic imine (C=N–C) groups is 1. The highest BCUT2D eigenvalue weighted by molar-refractivity contribution is 9.10. The Kier molecular flexibility index (Phi) is 6.77. The molecule has 0 saturated heterocycles. The molecule has 0 radical (unpaired) electrons. The molecule has 2 rings (SSSR count). The molecule has 0 spiro atoms. The number of benzene rings is 2. The third-order valence-electron chi connectivity index (χ3n) is 4.45. The Morgan fingerprint density at radius 3 is 2.46 bits per heavy atom. The zero-order chi connectivity index (χ0) is 21.1. The second-order valence-corrected chi connectivity index (χ2v) is 7.29. The van der Waals surface area contributed by atoms with Crippen LogP contribution in [0.3, 0.4) is 0 Å². The van der Waals surface area contributed by atoms with E-state index in [0.29, 0.717) is 15.7 Å². The van der Waals surface area contributed by atoms with Crippen molar-refractivity contribution in [1.29, 1.82) is 0 Å². The van der Waals surface area contributed by atoms with Crippen LogP contribution in [0.5, 0.6) is 5.75 Å². The average Bonchev–Trinajstić information content (AvgIpc) is 2.64. The highest BCUT2D eigenvalue weighted by Gasteiger charge is 2.57. The van der Waals surface area contributed by atoms with Gasteiger partial charge in [-0.2, -0.15) is 13.2 Å². The number of methoxy groups -OCH3 is 1. The molecule has 0 aliphatic rings. The van der Waals surface area contributed by atoms with E-state index < -0.39 is 11.8 Å². The lowest BCUT2D eigenvalue weighted by Crippen LogP contribution is -2.43. The zero-order valence-electron chi connectivity index (χ0n) is 16.0. The van der Waals surface area contributed by atoms with Crippen LogP contribution in [0.15, 0.2) is 45.9 Å². The molecular weight excluding hydrogens is 437 g/mol. The normalized spacial score (nSPS) is 14.2. The molecule has 1 N–H and O–H groups in total. The fourth-order valence-electron chi connectivity index (χ4n) is 2.70. The first kappa shape index (κ1) is 22.2. The van der Waals surface area contributed by atoms with Crippen LogP contribution < -0.4 is 4.74 Å². The van der Waals surface area contributed by atoms with E-state index in [2.05, 4.69) is 20.9 Å². The van der Waals surface area contributed by atoms with Crippen molar-refractivity contribution in [3.63, 3.8) is 0 Å². The van der Waals surface area contributed by atoms with E-state index in [1.54, 1.807) is 19.3 Å². The Hall–Kier alpha value is -2.06. The van der Waals surface area contributed by atoms with Gasteiger partial charge in [0.1, 0.15) is 5.75 Å². The van der Waals surface area contributed by atoms with Gasteiger partial charge in [0.2, 0.25) is 5.60 Å². The molecule has 2 aromatic carbocycles. The van der Waals surface area contributed by atoms with Gasteiger partial charge in [0, 0.05) is 29.7 Å². The molecule has 1 atom stereocenters. The number of aliphatic hydroxyl groups is 1. The van der Waals surface area contributed by atoms with Gasteiger partial charge in [-0.3, -0.25) is 0 Å². The number of aryl methyl sites for hydroxylation is 1. The van der Waals surface area contributed by atoms with Crippen LogP contribution in [-0.4, -0.2) is 43.2 Å². The fraction of sp³-hybridized carbons (Fsp3) is 0.350. The van der Waals surface area contributed by atoms with Gasteiger partial charge in [-0.05, 0) is 43.2 Å². The number of ether oxygens (including phenoxy) is 1. The predicted octanol–water partition coefficient (Wildman–Crippen LogP) is 5.18. The zero-order valence-corrected chi connectivity index (χ0v) is 17.6. The van der Waals surface area contributed by atoms with Crippen LogP contribution in [0.1, 0.15) is 23.6 Å². The van der Waals surface area contributed by atoms with E-state index in [4.69, 9.17) is 4.74 Å². The Morgan fingerprint density at radius 1 is 1.25 bits per heavy atom. The van der Waals surface area contributed by atoms with E-state index in [1.165, 1.54) is 37.4 Å². The summed E-state index contributed by atoms with van der Waals surface area (Å²) < 4.78 is 47.9. The molecule has 0 saturated carbocycles. The molecule has 0 aromatic heterocycles. The highest BCUT2D eigenvalue weighted by atomic mass is 79.9. The third-order valence-corrected chi connectivity index (χ3v) is 4.95. The van der Waals surface area contributed by atoms with Gasteiger partial charge in [-0.1, -0.05) is 28.1 Å². The largest absolute Gasteiger partial charge is 0.496 e. The van der Waals surface area contributed by atoms with Crippen LogP contribution in [0.2, 0.25) is 0 Å². The SMILES string of the molecule is CCN(C)C=Nc1cc(OC)c(C(O)(c2cccc(Br)c2)C(F)(F)F)cc1C. The van der Waals surface area contributed by atoms with Crippen molar-refractivity contribution < 1.29 is 23.0 Å². The summed E-state index contributed by atoms with van der Waals surface area (Å²) in [6.07, 6.45) is -3.38. The maximum absolute atomic E-state index is 14.1. The second kappa shape index (κ2) is 8.53. The van der Waals surface area contributed by atoms with Crippen LogP contribution in [-0.2, 0) is 5.60 Å². The third kappa shape index (κ3) is 4.33. The number of hydrogen-bond donors (Lipinski definition) is 1. The summed E-state index contributed by atoms with van der Waals surface area (Å²) >= 11 is 3.16. The van der Waals surface area contributed by atoms with E-state index in [0.717, 1.165) is 6.54 Å². The lowest BCUT2D eigenvalue weighted by molar-refractivity contribution is -0.248. The summed E-state index contributed by atoms with van der Waals surface area (Å²) in [4.78, 5) is 6.13. The molecule has 0 fully saturated rings. The molecule has 0 aliphatic heterocycles. The molecule has 0 aliphatic carbocycles. The summed E-state index contributed by atoms with van der Waals surface area (Å²) in [5.41, 5.74) is -3.00. The quantitative estimate of drug-likeness (QED) is 0.479. The molecule has 4 nitrogen and oxygen atoms in total. The van der Waals surface area contributed by atoms with Crippen LogP contribution in [0.4, 0.5) is 18.9 Å². The molecule has 8 heteroatoms. The second-order valence-electron chi connectivity index (χ2n) is 6.38. The minimum Gasteiger partial charge on any atom is -0.496 e. The maximum Gasteiger partial charge on any atom is 0.425 e. The summed E-state index contributed by atoms with van der Waals surface area (Å²) in [5, 5.41) is 10.9. The number of hydrogen-bond acceptors (Lipinski definition) is 3. The molecule has 1 unspecified atom stereocenters. The first-order valence-electron chi connectivity index (χ1n) is 8.53. The van der Waals surface area contributed by atoms with Crippen molar-refractivity contribution in [1.82, 2.24) is 4.90 Å². The van der Waals surface area contributed by atoms with Crippen LogP contribution in [0, 0.1) is 6.92 Å². The average molecular weight is 459 g/mol. The maximum atomic E-state index is 14.1. The van der Waals surface area contributed by atoms with Gasteiger partial charge in [-0.15, -0.1) is 0 Å². The van der Waals surface area contributed by atoms with Gasteiger partial charge in [0.05, 0.1) is 19.1 Å². The minimum absolute atomic E-state index is 0.100. The van der Waals surface area contributed by atoms with Crippen LogP contribution >= 0.6 is 15.9 Å². The van der Waals surface area contributed by atoms with Gasteiger partial charge in [0.25, 0.3) is 0 Å². The van der Waals surface area contributed by atoms with Crippen molar-refractivity contribution in [2.45, 2.75) is 25.6 Å². The van der Waals surface area contributed by atoms with Gasteiger partial charge < -0.3 is 14.7 Å². The monoisotopic (exact) mass is 458 g/mol. The molecule has 152 valence electrons. The van der Waals surface area contributed by atoms with Gasteiger partial charge in [0.15, 0.2) is 0 Å². The summed E-state index contributed by atoms with van der Waals surface area (Å²) in [5.74, 6) is -0.100. The molecule has 28 heavy (non-hydrogen) atoms. The molecule has 2 aromatic rings. The number of halogens is 4. The van der Waals surface area contributed by atoms with Gasteiger partial charge >= 0.3 is 6.18 Å². The summed E-state index contributed by atoms with van der Waals surface area (Å²) in [7, 11) is 3.09. The lowest BCUT2D eigenvalue weighted by Gasteiger charge is -2.33. The highest BCUT2D eigenvalue weighted by Crippen LogP contribution is 2.49. The Labute approximate surface area is 170 Å². The first-order chi connectivity index (χ1) is 13.0. The van der Waals surface area contributed by atoms with Crippen molar-refractivity contribution >= 4 is 28.0 Å². The van der Waals surface area contributed by atoms with Crippen molar-refractivity contribution in [3.8, 4) is 5.75 Å². The summed E-state index contributed by atoms with van der Waals surface area (Å²) in [6.45, 7) is 4.32. The number of rotatable bonds is 6. The fourth-order valence-corrected chi connectivity index (χ4v) is 3.10. The Morgan fingerprint density at radius 2 is 1.93 bits per heavy atom. The standard InChI is InChI=1S/C20H22BrF3N2O2/c1-5-26(3)12-25-17-11-18(28-4)16(9-13(17)2)19(27,20(22,23)24)14-7-6-8-15(21)10-14/h6-12,27H,5H2,1-4H3. The van der Waals surface area contributed by atoms with Crippen molar-refractivity contribution in [2.75, 3.05) is 20.7 Å². The molecular formula is C20H22BrF3N2O2. The lowest BCUT2D eigenvalue weighted by atomic mass is 9.84. The Bertz CT molecular complexity index is 871. The van der Waals surface area contributed by atoms with E-state index in [-0.39, 0.29) is 16.9 Å². The van der Waals surface area contributed by atoms with Crippen molar-refractivity contribution in [3.05, 3.63) is 57.6 Å².